The first-order valence-corrected chi connectivity index (χ1v) is 12.0. The Morgan fingerprint density at radius 2 is 2.00 bits per heavy atom. The van der Waals surface area contributed by atoms with Crippen LogP contribution in [-0.4, -0.2) is 40.1 Å². The summed E-state index contributed by atoms with van der Waals surface area (Å²) in [5.74, 6) is -0.130. The molecule has 1 aliphatic heterocycles. The molecule has 0 aromatic rings. The third-order valence-corrected chi connectivity index (χ3v) is 10.5. The molecule has 3 fully saturated rings. The van der Waals surface area contributed by atoms with Gasteiger partial charge in [0, 0.05) is 11.5 Å². The third kappa shape index (κ3) is 3.01. The molecule has 0 aromatic heterocycles. The second-order valence-electron chi connectivity index (χ2n) is 10.8. The standard InChI is InChI=1S/C21H35N2O4P/c1-13(2)23-17-15-9-10-21(8,20(15,6)7)18(17)27-28(23,25)14(12-22)11-16(24)26-19(3,4)5/h13-15,17-18H,9-11H2,1-8H3/t14-,15?,17?,18?,21?,28?/m0/s1. The normalized spacial score (nSPS) is 40.4. The Morgan fingerprint density at radius 3 is 2.50 bits per heavy atom. The average Bonchev–Trinajstić information content (AvgIpc) is 3.02. The monoisotopic (exact) mass is 410 g/mol. The van der Waals surface area contributed by atoms with Crippen LogP contribution in [0.1, 0.15) is 74.7 Å². The highest BCUT2D eigenvalue weighted by Gasteiger charge is 2.77. The van der Waals surface area contributed by atoms with Crippen LogP contribution >= 0.6 is 7.87 Å². The van der Waals surface area contributed by atoms with Gasteiger partial charge in [0.25, 0.3) is 0 Å². The maximum Gasteiger partial charge on any atom is 0.311 e. The van der Waals surface area contributed by atoms with E-state index in [4.69, 9.17) is 9.26 Å². The third-order valence-electron chi connectivity index (χ3n) is 7.47. The van der Waals surface area contributed by atoms with Gasteiger partial charge in [0.15, 0.2) is 7.87 Å². The summed E-state index contributed by atoms with van der Waals surface area (Å²) in [5.41, 5.74) is -1.64. The Balaban J connectivity index is 1.93. The van der Waals surface area contributed by atoms with Crippen molar-refractivity contribution in [2.45, 2.75) is 104 Å². The molecule has 0 spiro atoms. The predicted octanol–water partition coefficient (Wildman–Crippen LogP) is 3.67. The van der Waals surface area contributed by atoms with E-state index in [0.717, 1.165) is 12.8 Å². The lowest BCUT2D eigenvalue weighted by Gasteiger charge is -2.42. The highest BCUT2D eigenvalue weighted by atomic mass is 31.2. The van der Waals surface area contributed by atoms with E-state index in [1.54, 1.807) is 20.8 Å². The molecule has 2 saturated carbocycles. The lowest BCUT2D eigenvalue weighted by atomic mass is 9.70. The van der Waals surface area contributed by atoms with Crippen molar-refractivity contribution in [1.29, 1.82) is 5.26 Å². The van der Waals surface area contributed by atoms with Crippen LogP contribution < -0.4 is 4.89 Å². The van der Waals surface area contributed by atoms with Crippen LogP contribution in [0.2, 0.25) is 0 Å². The molecular weight excluding hydrogens is 375 g/mol. The lowest BCUT2D eigenvalue weighted by molar-refractivity contribution is -0.208. The molecule has 3 rings (SSSR count). The molecule has 0 N–H and O–H groups in total. The maximum atomic E-state index is 14.2. The summed E-state index contributed by atoms with van der Waals surface area (Å²) in [5, 5.41) is 9.84. The Hall–Kier alpha value is -0.730. The fraction of sp³-hybridized carbons (Fsp3) is 0.905. The first kappa shape index (κ1) is 22.0. The number of hydrogen-bond donors (Lipinski definition) is 0. The van der Waals surface area contributed by atoms with Crippen LogP contribution in [0.25, 0.3) is 0 Å². The fourth-order valence-electron chi connectivity index (χ4n) is 5.84. The van der Waals surface area contributed by atoms with E-state index in [2.05, 4.69) is 26.8 Å². The summed E-state index contributed by atoms with van der Waals surface area (Å²) in [6.07, 6.45) is 1.75. The van der Waals surface area contributed by atoms with Gasteiger partial charge in [0.2, 0.25) is 5.66 Å². The SMILES string of the molecule is CC(C)N1C2C3CCC(C)(C2O[P+]1([O-])[C@H](C#N)CC(=O)OC(C)(C)C)C3(C)C. The highest BCUT2D eigenvalue weighted by molar-refractivity contribution is 7.63. The molecule has 0 aromatic carbocycles. The smallest absolute Gasteiger partial charge is 0.311 e. The Bertz CT molecular complexity index is 697. The Morgan fingerprint density at radius 1 is 1.39 bits per heavy atom. The maximum absolute atomic E-state index is 14.2. The number of esters is 1. The van der Waals surface area contributed by atoms with E-state index in [9.17, 15) is 14.9 Å². The quantitative estimate of drug-likeness (QED) is 0.519. The van der Waals surface area contributed by atoms with Crippen molar-refractivity contribution < 1.29 is 18.9 Å². The second kappa shape index (κ2) is 6.64. The van der Waals surface area contributed by atoms with Gasteiger partial charge in [-0.1, -0.05) is 20.8 Å². The largest absolute Gasteiger partial charge is 0.640 e. The van der Waals surface area contributed by atoms with Crippen molar-refractivity contribution in [3.05, 3.63) is 0 Å². The summed E-state index contributed by atoms with van der Waals surface area (Å²) >= 11 is 0. The number of ether oxygens (including phenoxy) is 1. The molecule has 1 heterocycles. The summed E-state index contributed by atoms with van der Waals surface area (Å²) in [6, 6.07) is 2.13. The van der Waals surface area contributed by atoms with Gasteiger partial charge in [0.05, 0.1) is 12.5 Å². The molecule has 1 saturated heterocycles. The fourth-order valence-corrected chi connectivity index (χ4v) is 8.92. The van der Waals surface area contributed by atoms with Gasteiger partial charge in [-0.15, -0.1) is 4.67 Å². The molecule has 2 aliphatic carbocycles. The highest BCUT2D eigenvalue weighted by Crippen LogP contribution is 2.79. The van der Waals surface area contributed by atoms with Gasteiger partial charge >= 0.3 is 5.97 Å². The molecule has 2 bridgehead atoms. The zero-order valence-electron chi connectivity index (χ0n) is 18.5. The lowest BCUT2D eigenvalue weighted by Crippen LogP contribution is -2.47. The molecule has 3 aliphatic rings. The van der Waals surface area contributed by atoms with E-state index in [0.29, 0.717) is 5.92 Å². The zero-order chi connectivity index (χ0) is 21.3. The van der Waals surface area contributed by atoms with Gasteiger partial charge in [-0.2, -0.15) is 5.26 Å². The summed E-state index contributed by atoms with van der Waals surface area (Å²) in [4.78, 5) is 26.6. The number of carbonyl (C=O) groups excluding carboxylic acids is 1. The average molecular weight is 410 g/mol. The minimum absolute atomic E-state index is 0.0333. The van der Waals surface area contributed by atoms with Gasteiger partial charge in [-0.3, -0.25) is 4.79 Å². The van der Waals surface area contributed by atoms with Crippen molar-refractivity contribution in [2.75, 3.05) is 0 Å². The van der Waals surface area contributed by atoms with Crippen molar-refractivity contribution in [1.82, 2.24) is 4.67 Å². The van der Waals surface area contributed by atoms with Crippen molar-refractivity contribution in [3.63, 3.8) is 0 Å². The molecule has 6 nitrogen and oxygen atoms in total. The molecule has 6 atom stereocenters. The first-order chi connectivity index (χ1) is 12.7. The van der Waals surface area contributed by atoms with Crippen LogP contribution in [-0.2, 0) is 14.1 Å². The molecular formula is C21H35N2O4P. The molecule has 0 radical (unpaired) electrons. The Labute approximate surface area is 170 Å². The first-order valence-electron chi connectivity index (χ1n) is 10.4. The summed E-state index contributed by atoms with van der Waals surface area (Å²) in [7, 11) is -3.51. The van der Waals surface area contributed by atoms with Crippen LogP contribution in [0.15, 0.2) is 0 Å². The van der Waals surface area contributed by atoms with Crippen LogP contribution in [0.4, 0.5) is 0 Å². The van der Waals surface area contributed by atoms with Gasteiger partial charge in [0.1, 0.15) is 17.8 Å². The number of nitrogens with zero attached hydrogens (tertiary/aromatic N) is 2. The van der Waals surface area contributed by atoms with Crippen molar-refractivity contribution in [2.24, 2.45) is 16.7 Å². The number of hydrogen-bond acceptors (Lipinski definition) is 6. The topological polar surface area (TPSA) is 85.6 Å². The summed E-state index contributed by atoms with van der Waals surface area (Å²) in [6.45, 7) is 16.2. The minimum atomic E-state index is -3.51. The minimum Gasteiger partial charge on any atom is -0.640 e. The van der Waals surface area contributed by atoms with Crippen LogP contribution in [0.3, 0.4) is 0 Å². The number of nitriles is 1. The summed E-state index contributed by atoms with van der Waals surface area (Å²) < 4.78 is 13.7. The van der Waals surface area contributed by atoms with Crippen LogP contribution in [0.5, 0.6) is 0 Å². The molecule has 158 valence electrons. The molecule has 0 amide bonds. The van der Waals surface area contributed by atoms with E-state index >= 15 is 0 Å². The van der Waals surface area contributed by atoms with Crippen molar-refractivity contribution >= 4 is 13.8 Å². The second-order valence-corrected chi connectivity index (χ2v) is 13.2. The van der Waals surface area contributed by atoms with Crippen LogP contribution in [0, 0.1) is 28.1 Å². The van der Waals surface area contributed by atoms with Crippen molar-refractivity contribution in [3.8, 4) is 6.07 Å². The zero-order valence-corrected chi connectivity index (χ0v) is 19.4. The van der Waals surface area contributed by atoms with E-state index < -0.39 is 25.1 Å². The van der Waals surface area contributed by atoms with E-state index in [-0.39, 0.29) is 35.4 Å². The number of rotatable bonds is 4. The predicted molar refractivity (Wildman–Crippen MR) is 107 cm³/mol. The Kier molecular flexibility index (Phi) is 5.21. The van der Waals surface area contributed by atoms with E-state index in [1.807, 2.05) is 18.5 Å². The van der Waals surface area contributed by atoms with Gasteiger partial charge < -0.3 is 9.63 Å². The number of fused-ring (bicyclic) bond motifs is 5. The molecule has 28 heavy (non-hydrogen) atoms. The van der Waals surface area contributed by atoms with Gasteiger partial charge in [-0.05, 0) is 58.8 Å². The molecule has 5 unspecified atom stereocenters. The molecule has 7 heteroatoms. The van der Waals surface area contributed by atoms with E-state index in [1.165, 1.54) is 0 Å². The number of carbonyl (C=O) groups is 1. The van der Waals surface area contributed by atoms with Gasteiger partial charge in [-0.25, -0.2) is 4.52 Å².